The fourth-order valence-corrected chi connectivity index (χ4v) is 3.74. The highest BCUT2D eigenvalue weighted by atomic mass is 35.5. The Balaban J connectivity index is 1.59. The molecule has 0 saturated carbocycles. The Morgan fingerprint density at radius 1 is 1.15 bits per heavy atom. The first-order chi connectivity index (χ1) is 12.5. The zero-order chi connectivity index (χ0) is 18.7. The molecule has 1 atom stereocenters. The third-order valence-electron chi connectivity index (χ3n) is 5.05. The van der Waals surface area contributed by atoms with Gasteiger partial charge in [-0.2, -0.15) is 0 Å². The van der Waals surface area contributed by atoms with E-state index in [4.69, 9.17) is 23.2 Å². The highest BCUT2D eigenvalue weighted by Gasteiger charge is 2.29. The minimum Gasteiger partial charge on any atom is -0.360 e. The zero-order valence-corrected chi connectivity index (χ0v) is 16.6. The van der Waals surface area contributed by atoms with Gasteiger partial charge in [0, 0.05) is 10.7 Å². The van der Waals surface area contributed by atoms with Gasteiger partial charge in [-0.1, -0.05) is 41.4 Å². The summed E-state index contributed by atoms with van der Waals surface area (Å²) in [7, 11) is 0. The third-order valence-corrected chi connectivity index (χ3v) is 5.62. The van der Waals surface area contributed by atoms with Crippen molar-refractivity contribution in [2.24, 2.45) is 0 Å². The number of carbonyl (C=O) groups is 1. The van der Waals surface area contributed by atoms with Gasteiger partial charge >= 0.3 is 0 Å². The molecule has 2 aromatic carbocycles. The smallest absolute Gasteiger partial charge is 0.282 e. The van der Waals surface area contributed by atoms with Gasteiger partial charge in [0.15, 0.2) is 6.04 Å². The topological polar surface area (TPSA) is 36.8 Å². The number of benzene rings is 2. The zero-order valence-electron chi connectivity index (χ0n) is 15.1. The molecule has 1 saturated heterocycles. The van der Waals surface area contributed by atoms with Gasteiger partial charge in [0.05, 0.1) is 36.9 Å². The van der Waals surface area contributed by atoms with E-state index in [1.807, 2.05) is 6.92 Å². The van der Waals surface area contributed by atoms with Crippen LogP contribution in [0.1, 0.15) is 12.5 Å². The Hall–Kier alpha value is -1.75. The number of quaternary nitrogens is 1. The number of hydrogen-bond donors (Lipinski definition) is 2. The van der Waals surface area contributed by atoms with Crippen molar-refractivity contribution in [3.8, 4) is 0 Å². The first-order valence-corrected chi connectivity index (χ1v) is 9.62. The SMILES string of the molecule is Cc1ccccc1N1CC[NH+]([C@@H](C)C(=O)Nc2cc(Cl)ccc2Cl)CC1. The minimum atomic E-state index is -0.149. The summed E-state index contributed by atoms with van der Waals surface area (Å²) in [5, 5.41) is 3.96. The molecular weight excluding hydrogens is 369 g/mol. The molecule has 1 amide bonds. The van der Waals surface area contributed by atoms with Crippen molar-refractivity contribution in [3.05, 3.63) is 58.1 Å². The Kier molecular flexibility index (Phi) is 6.07. The molecule has 1 aliphatic heterocycles. The van der Waals surface area contributed by atoms with E-state index in [-0.39, 0.29) is 11.9 Å². The average molecular weight is 393 g/mol. The summed E-state index contributed by atoms with van der Waals surface area (Å²) in [5.74, 6) is -0.0338. The maximum Gasteiger partial charge on any atom is 0.282 e. The summed E-state index contributed by atoms with van der Waals surface area (Å²) in [4.78, 5) is 16.3. The van der Waals surface area contributed by atoms with E-state index in [9.17, 15) is 4.79 Å². The number of nitrogens with one attached hydrogen (secondary N) is 2. The fourth-order valence-electron chi connectivity index (χ4n) is 3.41. The van der Waals surface area contributed by atoms with Crippen LogP contribution in [0.4, 0.5) is 11.4 Å². The highest BCUT2D eigenvalue weighted by Crippen LogP contribution is 2.25. The quantitative estimate of drug-likeness (QED) is 0.838. The van der Waals surface area contributed by atoms with Crippen LogP contribution >= 0.6 is 23.2 Å². The normalized spacial score (nSPS) is 16.4. The summed E-state index contributed by atoms with van der Waals surface area (Å²) < 4.78 is 0. The number of piperazine rings is 1. The van der Waals surface area contributed by atoms with Crippen molar-refractivity contribution in [3.63, 3.8) is 0 Å². The van der Waals surface area contributed by atoms with E-state index in [2.05, 4.69) is 41.4 Å². The molecule has 138 valence electrons. The van der Waals surface area contributed by atoms with Crippen molar-refractivity contribution in [2.45, 2.75) is 19.9 Å². The lowest BCUT2D eigenvalue weighted by Crippen LogP contribution is -3.19. The van der Waals surface area contributed by atoms with Crippen molar-refractivity contribution in [1.29, 1.82) is 0 Å². The van der Waals surface area contributed by atoms with Crippen molar-refractivity contribution < 1.29 is 9.69 Å². The predicted molar refractivity (Wildman–Crippen MR) is 109 cm³/mol. The lowest BCUT2D eigenvalue weighted by atomic mass is 10.1. The van der Waals surface area contributed by atoms with Crippen LogP contribution in [0.5, 0.6) is 0 Å². The summed E-state index contributed by atoms with van der Waals surface area (Å²) in [6.07, 6.45) is 0. The number of nitrogens with zero attached hydrogens (tertiary/aromatic N) is 1. The Morgan fingerprint density at radius 2 is 1.85 bits per heavy atom. The summed E-state index contributed by atoms with van der Waals surface area (Å²) in [6.45, 7) is 7.83. The number of hydrogen-bond acceptors (Lipinski definition) is 2. The predicted octanol–water partition coefficient (Wildman–Crippen LogP) is 3.03. The van der Waals surface area contributed by atoms with Gasteiger partial charge in [0.2, 0.25) is 0 Å². The number of amides is 1. The van der Waals surface area contributed by atoms with E-state index < -0.39 is 0 Å². The number of halogens is 2. The molecule has 3 rings (SSSR count). The van der Waals surface area contributed by atoms with Gasteiger partial charge in [-0.05, 0) is 43.7 Å². The summed E-state index contributed by atoms with van der Waals surface area (Å²) in [6, 6.07) is 13.4. The molecule has 0 spiro atoms. The number of rotatable bonds is 4. The van der Waals surface area contributed by atoms with Crippen LogP contribution in [0, 0.1) is 6.92 Å². The molecule has 1 fully saturated rings. The van der Waals surface area contributed by atoms with Gasteiger partial charge in [-0.15, -0.1) is 0 Å². The van der Waals surface area contributed by atoms with Crippen LogP contribution in [0.15, 0.2) is 42.5 Å². The molecule has 0 radical (unpaired) electrons. The van der Waals surface area contributed by atoms with E-state index in [1.54, 1.807) is 18.2 Å². The van der Waals surface area contributed by atoms with Crippen molar-refractivity contribution >= 4 is 40.5 Å². The molecule has 6 heteroatoms. The second kappa shape index (κ2) is 8.30. The first-order valence-electron chi connectivity index (χ1n) is 8.87. The Morgan fingerprint density at radius 3 is 2.54 bits per heavy atom. The van der Waals surface area contributed by atoms with Gasteiger partial charge < -0.3 is 15.1 Å². The maximum absolute atomic E-state index is 12.6. The average Bonchev–Trinajstić information content (AvgIpc) is 2.64. The minimum absolute atomic E-state index is 0.0338. The van der Waals surface area contributed by atoms with Crippen LogP contribution < -0.4 is 15.1 Å². The molecule has 1 aliphatic rings. The molecule has 0 aromatic heterocycles. The van der Waals surface area contributed by atoms with E-state index in [0.717, 1.165) is 26.2 Å². The molecule has 0 bridgehead atoms. The largest absolute Gasteiger partial charge is 0.360 e. The van der Waals surface area contributed by atoms with Crippen LogP contribution in [-0.4, -0.2) is 38.1 Å². The summed E-state index contributed by atoms with van der Waals surface area (Å²) in [5.41, 5.74) is 3.14. The van der Waals surface area contributed by atoms with Crippen LogP contribution in [0.25, 0.3) is 0 Å². The van der Waals surface area contributed by atoms with E-state index in [0.29, 0.717) is 15.7 Å². The lowest BCUT2D eigenvalue weighted by molar-refractivity contribution is -0.914. The van der Waals surface area contributed by atoms with Gasteiger partial charge in [0.1, 0.15) is 0 Å². The standard InChI is InChI=1S/C20H23Cl2N3O/c1-14-5-3-4-6-19(14)25-11-9-24(10-12-25)15(2)20(26)23-18-13-16(21)7-8-17(18)22/h3-8,13,15H,9-12H2,1-2H3,(H,23,26)/p+1/t15-/m0/s1. The van der Waals surface area contributed by atoms with Gasteiger partial charge in [-0.25, -0.2) is 0 Å². The second-order valence-corrected chi connectivity index (χ2v) is 7.61. The molecule has 26 heavy (non-hydrogen) atoms. The van der Waals surface area contributed by atoms with Gasteiger partial charge in [-0.3, -0.25) is 4.79 Å². The molecule has 2 aromatic rings. The van der Waals surface area contributed by atoms with Crippen molar-refractivity contribution in [1.82, 2.24) is 0 Å². The van der Waals surface area contributed by atoms with E-state index >= 15 is 0 Å². The van der Waals surface area contributed by atoms with Gasteiger partial charge in [0.25, 0.3) is 5.91 Å². The third kappa shape index (κ3) is 4.32. The monoisotopic (exact) mass is 392 g/mol. The molecule has 4 nitrogen and oxygen atoms in total. The molecule has 0 aliphatic carbocycles. The first kappa shape index (κ1) is 19.0. The number of para-hydroxylation sites is 1. The lowest BCUT2D eigenvalue weighted by Gasteiger charge is -2.36. The number of anilines is 2. The number of aryl methyl sites for hydroxylation is 1. The fraction of sp³-hybridized carbons (Fsp3) is 0.350. The van der Waals surface area contributed by atoms with Crippen LogP contribution in [0.3, 0.4) is 0 Å². The van der Waals surface area contributed by atoms with Crippen LogP contribution in [-0.2, 0) is 4.79 Å². The molecule has 1 heterocycles. The number of carbonyl (C=O) groups excluding carboxylic acids is 1. The van der Waals surface area contributed by atoms with Crippen LogP contribution in [0.2, 0.25) is 10.0 Å². The van der Waals surface area contributed by atoms with Crippen molar-refractivity contribution in [2.75, 3.05) is 36.4 Å². The van der Waals surface area contributed by atoms with E-state index in [1.165, 1.54) is 16.2 Å². The Labute approximate surface area is 164 Å². The Bertz CT molecular complexity index is 788. The second-order valence-electron chi connectivity index (χ2n) is 6.77. The molecular formula is C20H24Cl2N3O+. The molecule has 2 N–H and O–H groups in total. The summed E-state index contributed by atoms with van der Waals surface area (Å²) >= 11 is 12.1. The molecule has 0 unspecified atom stereocenters. The highest BCUT2D eigenvalue weighted by molar-refractivity contribution is 6.35. The maximum atomic E-state index is 12.6.